The predicted molar refractivity (Wildman–Crippen MR) is 101 cm³/mol. The van der Waals surface area contributed by atoms with Crippen LogP contribution in [0.5, 0.6) is 5.88 Å². The lowest BCUT2D eigenvalue weighted by molar-refractivity contribution is 0.122. The van der Waals surface area contributed by atoms with Gasteiger partial charge in [0, 0.05) is 48.9 Å². The summed E-state index contributed by atoms with van der Waals surface area (Å²) < 4.78 is 11.3. The van der Waals surface area contributed by atoms with Gasteiger partial charge >= 0.3 is 0 Å². The van der Waals surface area contributed by atoms with Gasteiger partial charge in [-0.05, 0) is 18.2 Å². The molecule has 3 aromatic heterocycles. The average molecular weight is 364 g/mol. The van der Waals surface area contributed by atoms with Gasteiger partial charge < -0.3 is 20.1 Å². The number of morpholine rings is 1. The maximum Gasteiger partial charge on any atom is 0.229 e. The monoisotopic (exact) mass is 364 g/mol. The van der Waals surface area contributed by atoms with Crippen molar-refractivity contribution in [2.45, 2.75) is 6.61 Å². The first-order valence-corrected chi connectivity index (χ1v) is 8.73. The largest absolute Gasteiger partial charge is 0.473 e. The Bertz CT molecular complexity index is 882. The van der Waals surface area contributed by atoms with E-state index in [2.05, 4.69) is 19.9 Å². The molecule has 8 heteroatoms. The zero-order chi connectivity index (χ0) is 18.5. The van der Waals surface area contributed by atoms with Gasteiger partial charge in [-0.25, -0.2) is 9.97 Å². The third-order valence-electron chi connectivity index (χ3n) is 4.18. The van der Waals surface area contributed by atoms with Crippen molar-refractivity contribution in [2.75, 3.05) is 36.9 Å². The number of rotatable bonds is 5. The number of hydrogen-bond acceptors (Lipinski definition) is 8. The molecule has 0 atom stereocenters. The first-order valence-electron chi connectivity index (χ1n) is 8.73. The van der Waals surface area contributed by atoms with Crippen molar-refractivity contribution in [3.05, 3.63) is 54.5 Å². The fourth-order valence-corrected chi connectivity index (χ4v) is 2.74. The molecule has 0 bridgehead atoms. The van der Waals surface area contributed by atoms with Crippen molar-refractivity contribution in [3.63, 3.8) is 0 Å². The van der Waals surface area contributed by atoms with Crippen molar-refractivity contribution >= 4 is 11.8 Å². The normalized spacial score (nSPS) is 14.1. The summed E-state index contributed by atoms with van der Waals surface area (Å²) in [7, 11) is 0. The van der Waals surface area contributed by atoms with E-state index < -0.39 is 0 Å². The Morgan fingerprint density at radius 1 is 1.11 bits per heavy atom. The Morgan fingerprint density at radius 2 is 2.00 bits per heavy atom. The molecule has 0 saturated carbocycles. The molecular formula is C19H20N6O2. The molecule has 1 saturated heterocycles. The molecule has 138 valence electrons. The molecule has 1 aliphatic rings. The maximum absolute atomic E-state index is 5.92. The van der Waals surface area contributed by atoms with Crippen molar-refractivity contribution in [3.8, 4) is 17.1 Å². The van der Waals surface area contributed by atoms with Crippen LogP contribution in [0.25, 0.3) is 11.3 Å². The molecule has 4 heterocycles. The van der Waals surface area contributed by atoms with Gasteiger partial charge in [-0.15, -0.1) is 0 Å². The quantitative estimate of drug-likeness (QED) is 0.733. The molecule has 1 fully saturated rings. The van der Waals surface area contributed by atoms with E-state index in [1.807, 2.05) is 24.3 Å². The molecule has 4 rings (SSSR count). The van der Waals surface area contributed by atoms with Crippen LogP contribution in [0.2, 0.25) is 0 Å². The van der Waals surface area contributed by atoms with Crippen LogP contribution >= 0.6 is 0 Å². The van der Waals surface area contributed by atoms with E-state index in [0.29, 0.717) is 37.5 Å². The Morgan fingerprint density at radius 3 is 2.74 bits per heavy atom. The third-order valence-corrected chi connectivity index (χ3v) is 4.18. The fraction of sp³-hybridized carbons (Fsp3) is 0.263. The average Bonchev–Trinajstić information content (AvgIpc) is 2.74. The predicted octanol–water partition coefficient (Wildman–Crippen LogP) is 1.93. The first-order chi connectivity index (χ1) is 13.3. The smallest absolute Gasteiger partial charge is 0.229 e. The number of pyridine rings is 2. The summed E-state index contributed by atoms with van der Waals surface area (Å²) in [6, 6.07) is 9.29. The molecule has 0 amide bonds. The van der Waals surface area contributed by atoms with Gasteiger partial charge in [0.2, 0.25) is 11.8 Å². The van der Waals surface area contributed by atoms with Crippen LogP contribution in [-0.4, -0.2) is 46.2 Å². The molecule has 27 heavy (non-hydrogen) atoms. The SMILES string of the molecule is Nc1ccc(-c2cc(OCc3cccnc3)nc(N3CCOCC3)n2)cn1. The number of aromatic nitrogens is 4. The maximum atomic E-state index is 5.92. The summed E-state index contributed by atoms with van der Waals surface area (Å²) in [6.45, 7) is 3.18. The minimum Gasteiger partial charge on any atom is -0.473 e. The minimum atomic E-state index is 0.382. The van der Waals surface area contributed by atoms with Crippen LogP contribution in [0, 0.1) is 0 Å². The zero-order valence-electron chi connectivity index (χ0n) is 14.8. The summed E-state index contributed by atoms with van der Waals surface area (Å²) in [5, 5.41) is 0. The summed E-state index contributed by atoms with van der Waals surface area (Å²) >= 11 is 0. The van der Waals surface area contributed by atoms with Crippen molar-refractivity contribution in [2.24, 2.45) is 0 Å². The van der Waals surface area contributed by atoms with Crippen LogP contribution in [0.4, 0.5) is 11.8 Å². The van der Waals surface area contributed by atoms with Crippen LogP contribution in [0.3, 0.4) is 0 Å². The van der Waals surface area contributed by atoms with Crippen molar-refractivity contribution in [1.29, 1.82) is 0 Å². The van der Waals surface area contributed by atoms with Gasteiger partial charge in [0.15, 0.2) is 0 Å². The number of nitrogens with two attached hydrogens (primary N) is 1. The standard InChI is InChI=1S/C19H20N6O2/c20-17-4-3-15(12-22-17)16-10-18(27-13-14-2-1-5-21-11-14)24-19(23-16)25-6-8-26-9-7-25/h1-5,10-12H,6-9,13H2,(H2,20,22). The third kappa shape index (κ3) is 4.29. The highest BCUT2D eigenvalue weighted by atomic mass is 16.5. The number of hydrogen-bond donors (Lipinski definition) is 1. The molecule has 0 radical (unpaired) electrons. The van der Waals surface area contributed by atoms with Crippen molar-refractivity contribution < 1.29 is 9.47 Å². The second kappa shape index (κ2) is 7.96. The van der Waals surface area contributed by atoms with Gasteiger partial charge in [-0.3, -0.25) is 4.98 Å². The summed E-state index contributed by atoms with van der Waals surface area (Å²) in [6.07, 6.45) is 5.21. The second-order valence-electron chi connectivity index (χ2n) is 6.11. The Hall–Kier alpha value is -3.26. The van der Waals surface area contributed by atoms with E-state index in [-0.39, 0.29) is 0 Å². The van der Waals surface area contributed by atoms with E-state index >= 15 is 0 Å². The van der Waals surface area contributed by atoms with Gasteiger partial charge in [0.1, 0.15) is 12.4 Å². The van der Waals surface area contributed by atoms with Crippen LogP contribution in [0.1, 0.15) is 5.56 Å². The molecule has 8 nitrogen and oxygen atoms in total. The summed E-state index contributed by atoms with van der Waals surface area (Å²) in [5.74, 6) is 1.59. The number of nitrogen functional groups attached to an aromatic ring is 1. The molecule has 0 spiro atoms. The highest BCUT2D eigenvalue weighted by Crippen LogP contribution is 2.25. The fourth-order valence-electron chi connectivity index (χ4n) is 2.74. The van der Waals surface area contributed by atoms with Gasteiger partial charge in [0.25, 0.3) is 0 Å². The number of ether oxygens (including phenoxy) is 2. The topological polar surface area (TPSA) is 99.3 Å². The Balaban J connectivity index is 1.64. The van der Waals surface area contributed by atoms with Crippen molar-refractivity contribution in [1.82, 2.24) is 19.9 Å². The highest BCUT2D eigenvalue weighted by Gasteiger charge is 2.17. The summed E-state index contributed by atoms with van der Waals surface area (Å²) in [5.41, 5.74) is 8.26. The van der Waals surface area contributed by atoms with Crippen LogP contribution < -0.4 is 15.4 Å². The molecule has 2 N–H and O–H groups in total. The number of nitrogens with zero attached hydrogens (tertiary/aromatic N) is 5. The molecule has 0 aromatic carbocycles. The number of anilines is 2. The zero-order valence-corrected chi connectivity index (χ0v) is 14.8. The van der Waals surface area contributed by atoms with Crippen LogP contribution in [-0.2, 0) is 11.3 Å². The summed E-state index contributed by atoms with van der Waals surface area (Å²) in [4.78, 5) is 19.6. The molecule has 3 aromatic rings. The van der Waals surface area contributed by atoms with Crippen LogP contribution in [0.15, 0.2) is 48.9 Å². The Labute approximate surface area is 157 Å². The van der Waals surface area contributed by atoms with E-state index in [1.54, 1.807) is 24.7 Å². The van der Waals surface area contributed by atoms with E-state index in [0.717, 1.165) is 29.9 Å². The van der Waals surface area contributed by atoms with E-state index in [1.165, 1.54) is 0 Å². The lowest BCUT2D eigenvalue weighted by Gasteiger charge is -2.27. The lowest BCUT2D eigenvalue weighted by atomic mass is 10.2. The van der Waals surface area contributed by atoms with E-state index in [9.17, 15) is 0 Å². The van der Waals surface area contributed by atoms with Gasteiger partial charge in [0.05, 0.1) is 18.9 Å². The first kappa shape index (κ1) is 17.2. The minimum absolute atomic E-state index is 0.382. The molecule has 0 aliphatic carbocycles. The highest BCUT2D eigenvalue weighted by molar-refractivity contribution is 5.62. The second-order valence-corrected chi connectivity index (χ2v) is 6.11. The molecule has 0 unspecified atom stereocenters. The van der Waals surface area contributed by atoms with Gasteiger partial charge in [-0.1, -0.05) is 6.07 Å². The Kier molecular flexibility index (Phi) is 5.06. The van der Waals surface area contributed by atoms with Gasteiger partial charge in [-0.2, -0.15) is 4.98 Å². The van der Waals surface area contributed by atoms with E-state index in [4.69, 9.17) is 20.2 Å². The lowest BCUT2D eigenvalue weighted by Crippen LogP contribution is -2.37. The molecular weight excluding hydrogens is 344 g/mol. The molecule has 1 aliphatic heterocycles.